The molecule has 12 atom stereocenters. The Morgan fingerprint density at radius 1 is 1.12 bits per heavy atom. The molecule has 3 heterocycles. The summed E-state index contributed by atoms with van der Waals surface area (Å²) < 4.78 is 84.7. The van der Waals surface area contributed by atoms with Crippen LogP contribution in [0.3, 0.4) is 0 Å². The summed E-state index contributed by atoms with van der Waals surface area (Å²) in [5.74, 6) is -3.46. The number of alkyl halides is 2. The predicted molar refractivity (Wildman–Crippen MR) is 128 cm³/mol. The fraction of sp³-hybridized carbons (Fsp3) is 0.846. The van der Waals surface area contributed by atoms with E-state index in [4.69, 9.17) is 23.5 Å². The molecule has 0 spiro atoms. The Hall–Kier alpha value is -2.39. The van der Waals surface area contributed by atoms with Gasteiger partial charge >= 0.3 is 39.2 Å². The molecule has 3 aliphatic heterocycles. The zero-order valence-corrected chi connectivity index (χ0v) is 23.2. The SMILES string of the molecule is CC(OC(=O)CCC(=O)OC1C2OC(=O)C3C2OC1C3C(=O)OC1(C)CC2CC1C1CCCC21)C(F)(F)S(=O)(=O)O. The summed E-state index contributed by atoms with van der Waals surface area (Å²) in [6.45, 7) is 2.53. The highest BCUT2D eigenvalue weighted by Gasteiger charge is 2.73. The van der Waals surface area contributed by atoms with Crippen LogP contribution < -0.4 is 0 Å². The second-order valence-corrected chi connectivity index (χ2v) is 13.9. The number of halogens is 2. The molecular weight excluding hydrogens is 574 g/mol. The maximum Gasteiger partial charge on any atom is 0.405 e. The first-order chi connectivity index (χ1) is 19.1. The summed E-state index contributed by atoms with van der Waals surface area (Å²) in [6, 6.07) is 0. The second kappa shape index (κ2) is 9.56. The van der Waals surface area contributed by atoms with E-state index in [2.05, 4.69) is 4.74 Å². The lowest BCUT2D eigenvalue weighted by atomic mass is 9.73. The fourth-order valence-electron chi connectivity index (χ4n) is 8.49. The summed E-state index contributed by atoms with van der Waals surface area (Å²) in [7, 11) is -5.83. The van der Waals surface area contributed by atoms with Crippen LogP contribution in [0.5, 0.6) is 0 Å². The summed E-state index contributed by atoms with van der Waals surface area (Å²) in [5, 5.41) is -4.75. The maximum atomic E-state index is 13.6. The molecule has 3 saturated carbocycles. The van der Waals surface area contributed by atoms with E-state index in [1.807, 2.05) is 6.92 Å². The van der Waals surface area contributed by atoms with E-state index < -0.39 is 100 Å². The summed E-state index contributed by atoms with van der Waals surface area (Å²) in [5.41, 5.74) is -0.646. The number of hydrogen-bond donors (Lipinski definition) is 1. The van der Waals surface area contributed by atoms with Crippen molar-refractivity contribution in [3.8, 4) is 0 Å². The smallest absolute Gasteiger partial charge is 0.405 e. The van der Waals surface area contributed by atoms with Gasteiger partial charge in [0.1, 0.15) is 29.6 Å². The molecule has 0 amide bonds. The van der Waals surface area contributed by atoms with E-state index in [0.29, 0.717) is 24.7 Å². The van der Waals surface area contributed by atoms with E-state index in [0.717, 1.165) is 19.3 Å². The van der Waals surface area contributed by atoms with Crippen LogP contribution in [-0.4, -0.2) is 78.2 Å². The van der Waals surface area contributed by atoms with Gasteiger partial charge in [0, 0.05) is 5.92 Å². The van der Waals surface area contributed by atoms with Crippen molar-refractivity contribution >= 4 is 34.0 Å². The van der Waals surface area contributed by atoms with E-state index >= 15 is 0 Å². The molecule has 0 aromatic rings. The number of carbonyl (C=O) groups is 4. The Kier molecular flexibility index (Phi) is 6.70. The number of hydrogen-bond acceptors (Lipinski definition) is 11. The molecule has 6 fully saturated rings. The number of ether oxygens (including phenoxy) is 5. The monoisotopic (exact) mass is 606 g/mol. The molecule has 4 bridgehead atoms. The molecule has 12 unspecified atom stereocenters. The molecule has 6 rings (SSSR count). The molecule has 3 saturated heterocycles. The molecule has 0 aromatic heterocycles. The molecule has 41 heavy (non-hydrogen) atoms. The van der Waals surface area contributed by atoms with Crippen molar-refractivity contribution in [2.75, 3.05) is 0 Å². The molecule has 228 valence electrons. The first-order valence-electron chi connectivity index (χ1n) is 13.9. The van der Waals surface area contributed by atoms with Crippen LogP contribution in [0.15, 0.2) is 0 Å². The quantitative estimate of drug-likeness (QED) is 0.230. The highest BCUT2D eigenvalue weighted by Crippen LogP contribution is 2.63. The van der Waals surface area contributed by atoms with Gasteiger partial charge in [-0.2, -0.15) is 17.2 Å². The van der Waals surface area contributed by atoms with Gasteiger partial charge in [0.2, 0.25) is 0 Å². The van der Waals surface area contributed by atoms with Crippen LogP contribution in [0.4, 0.5) is 8.78 Å². The highest BCUT2D eigenvalue weighted by atomic mass is 32.2. The van der Waals surface area contributed by atoms with E-state index in [-0.39, 0.29) is 5.92 Å². The van der Waals surface area contributed by atoms with Gasteiger partial charge in [-0.25, -0.2) is 0 Å². The molecule has 3 aliphatic carbocycles. The summed E-state index contributed by atoms with van der Waals surface area (Å²) >= 11 is 0. The first kappa shape index (κ1) is 28.7. The predicted octanol–water partition coefficient (Wildman–Crippen LogP) is 1.79. The van der Waals surface area contributed by atoms with Crippen molar-refractivity contribution < 1.29 is 64.6 Å². The van der Waals surface area contributed by atoms with Gasteiger partial charge < -0.3 is 23.7 Å². The van der Waals surface area contributed by atoms with Crippen molar-refractivity contribution in [2.45, 2.75) is 100 Å². The van der Waals surface area contributed by atoms with E-state index in [1.54, 1.807) is 0 Å². The van der Waals surface area contributed by atoms with Crippen LogP contribution in [-0.2, 0) is 53.0 Å². The Bertz CT molecular complexity index is 1270. The van der Waals surface area contributed by atoms with Crippen molar-refractivity contribution in [1.82, 2.24) is 0 Å². The fourth-order valence-corrected chi connectivity index (χ4v) is 8.96. The van der Waals surface area contributed by atoms with E-state index in [9.17, 15) is 36.4 Å². The minimum absolute atomic E-state index is 0.264. The minimum Gasteiger partial charge on any atom is -0.459 e. The normalized spacial score (nSPS) is 42.6. The lowest BCUT2D eigenvalue weighted by molar-refractivity contribution is -0.179. The molecule has 0 radical (unpaired) electrons. The average Bonchev–Trinajstić information content (AvgIpc) is 3.68. The van der Waals surface area contributed by atoms with Crippen LogP contribution in [0, 0.1) is 35.5 Å². The van der Waals surface area contributed by atoms with Crippen LogP contribution in [0.25, 0.3) is 0 Å². The van der Waals surface area contributed by atoms with Gasteiger partial charge in [-0.15, -0.1) is 0 Å². The minimum atomic E-state index is -5.83. The standard InChI is InChI=1S/C26H32F2O12S/c1-10(26(27,28)41(33,34)35)36-15(29)6-7-16(30)37-21-20-18(17-19(38-20)22(21)39-23(17)31)24(32)40-25(2)9-11-8-14(25)13-5-3-4-12(11)13/h10-14,17-22H,3-9H2,1-2H3,(H,33,34,35). The summed E-state index contributed by atoms with van der Waals surface area (Å²) in [4.78, 5) is 50.7. The van der Waals surface area contributed by atoms with Crippen LogP contribution in [0.2, 0.25) is 0 Å². The van der Waals surface area contributed by atoms with Crippen molar-refractivity contribution in [1.29, 1.82) is 0 Å². The van der Waals surface area contributed by atoms with E-state index in [1.165, 1.54) is 12.8 Å². The number of rotatable bonds is 9. The third-order valence-corrected chi connectivity index (χ3v) is 11.2. The van der Waals surface area contributed by atoms with Crippen molar-refractivity contribution in [2.24, 2.45) is 35.5 Å². The molecule has 1 N–H and O–H groups in total. The zero-order chi connectivity index (χ0) is 29.6. The topological polar surface area (TPSA) is 169 Å². The van der Waals surface area contributed by atoms with Gasteiger partial charge in [0.15, 0.2) is 18.3 Å². The highest BCUT2D eigenvalue weighted by molar-refractivity contribution is 7.86. The number of fused-ring (bicyclic) bond motifs is 6. The number of carbonyl (C=O) groups excluding carboxylic acids is 4. The van der Waals surface area contributed by atoms with Crippen molar-refractivity contribution in [3.05, 3.63) is 0 Å². The van der Waals surface area contributed by atoms with Gasteiger partial charge in [-0.05, 0) is 57.3 Å². The van der Waals surface area contributed by atoms with Gasteiger partial charge in [0.05, 0.1) is 12.8 Å². The Balaban J connectivity index is 1.07. The van der Waals surface area contributed by atoms with Crippen LogP contribution in [0.1, 0.15) is 58.8 Å². The largest absolute Gasteiger partial charge is 0.459 e. The third kappa shape index (κ3) is 4.44. The Morgan fingerprint density at radius 3 is 2.51 bits per heavy atom. The van der Waals surface area contributed by atoms with Crippen LogP contribution >= 0.6 is 0 Å². The van der Waals surface area contributed by atoms with Crippen molar-refractivity contribution in [3.63, 3.8) is 0 Å². The Morgan fingerprint density at radius 2 is 1.80 bits per heavy atom. The third-order valence-electron chi connectivity index (χ3n) is 10.2. The molecule has 12 nitrogen and oxygen atoms in total. The summed E-state index contributed by atoms with van der Waals surface area (Å²) in [6.07, 6.45) is -2.46. The zero-order valence-electron chi connectivity index (χ0n) is 22.4. The molecule has 6 aliphatic rings. The molecule has 0 aromatic carbocycles. The lowest BCUT2D eigenvalue weighted by Gasteiger charge is -2.41. The first-order valence-corrected chi connectivity index (χ1v) is 15.4. The average molecular weight is 607 g/mol. The van der Waals surface area contributed by atoms with Gasteiger partial charge in [0.25, 0.3) is 0 Å². The second-order valence-electron chi connectivity index (χ2n) is 12.4. The van der Waals surface area contributed by atoms with Gasteiger partial charge in [-0.3, -0.25) is 23.7 Å². The lowest BCUT2D eigenvalue weighted by Crippen LogP contribution is -2.50. The van der Waals surface area contributed by atoms with Gasteiger partial charge in [-0.1, -0.05) is 6.42 Å². The molecule has 15 heteroatoms. The Labute approximate surface area is 234 Å². The maximum absolute atomic E-state index is 13.6. The molecular formula is C26H32F2O12S. The number of esters is 4.